The Morgan fingerprint density at radius 3 is 2.60 bits per heavy atom. The van der Waals surface area contributed by atoms with Crippen LogP contribution in [0.1, 0.15) is 39.9 Å². The van der Waals surface area contributed by atoms with E-state index in [-0.39, 0.29) is 5.76 Å². The molecule has 0 amide bonds. The van der Waals surface area contributed by atoms with Crippen molar-refractivity contribution >= 4 is 5.97 Å². The normalized spacial score (nSPS) is 13.8. The minimum atomic E-state index is -1.30. The smallest absolute Gasteiger partial charge is 0.373 e. The number of esters is 1. The molecule has 2 rings (SSSR count). The summed E-state index contributed by atoms with van der Waals surface area (Å²) in [4.78, 5) is 11.4. The van der Waals surface area contributed by atoms with Crippen LogP contribution in [0.2, 0.25) is 0 Å². The molecule has 2 aromatic rings. The van der Waals surface area contributed by atoms with Gasteiger partial charge in [-0.1, -0.05) is 23.8 Å². The van der Waals surface area contributed by atoms with Gasteiger partial charge in [-0.15, -0.1) is 0 Å². The van der Waals surface area contributed by atoms with Crippen LogP contribution in [0.5, 0.6) is 0 Å². The van der Waals surface area contributed by atoms with Crippen LogP contribution in [-0.2, 0) is 10.3 Å². The zero-order valence-electron chi connectivity index (χ0n) is 12.1. The summed E-state index contributed by atoms with van der Waals surface area (Å²) >= 11 is 0. The Hall–Kier alpha value is -2.07. The zero-order chi connectivity index (χ0) is 14.9. The SMILES string of the molecule is COC(=O)c1ccc(C(C)(O)c2cc(C)ccc2C)o1. The Morgan fingerprint density at radius 1 is 1.25 bits per heavy atom. The molecule has 0 aliphatic carbocycles. The van der Waals surface area contributed by atoms with Crippen LogP contribution >= 0.6 is 0 Å². The van der Waals surface area contributed by atoms with E-state index in [0.29, 0.717) is 5.76 Å². The lowest BCUT2D eigenvalue weighted by atomic mass is 9.89. The largest absolute Gasteiger partial charge is 0.463 e. The summed E-state index contributed by atoms with van der Waals surface area (Å²) in [6.45, 7) is 5.53. The van der Waals surface area contributed by atoms with E-state index in [1.54, 1.807) is 13.0 Å². The number of methoxy groups -OCH3 is 1. The third-order valence-electron chi connectivity index (χ3n) is 3.39. The van der Waals surface area contributed by atoms with Gasteiger partial charge in [0.1, 0.15) is 11.4 Å². The van der Waals surface area contributed by atoms with Gasteiger partial charge in [0.05, 0.1) is 7.11 Å². The maximum atomic E-state index is 11.4. The Balaban J connectivity index is 2.46. The van der Waals surface area contributed by atoms with E-state index in [4.69, 9.17) is 4.42 Å². The summed E-state index contributed by atoms with van der Waals surface area (Å²) in [5, 5.41) is 10.8. The topological polar surface area (TPSA) is 59.7 Å². The second-order valence-corrected chi connectivity index (χ2v) is 5.05. The molecule has 0 saturated carbocycles. The highest BCUT2D eigenvalue weighted by Gasteiger charge is 2.31. The van der Waals surface area contributed by atoms with Crippen molar-refractivity contribution in [1.29, 1.82) is 0 Å². The highest BCUT2D eigenvalue weighted by Crippen LogP contribution is 2.33. The average molecular weight is 274 g/mol. The third-order valence-corrected chi connectivity index (χ3v) is 3.39. The number of aryl methyl sites for hydroxylation is 2. The van der Waals surface area contributed by atoms with Gasteiger partial charge >= 0.3 is 5.97 Å². The summed E-state index contributed by atoms with van der Waals surface area (Å²) in [6, 6.07) is 8.94. The zero-order valence-corrected chi connectivity index (χ0v) is 12.1. The molecule has 4 heteroatoms. The van der Waals surface area contributed by atoms with E-state index in [0.717, 1.165) is 16.7 Å². The van der Waals surface area contributed by atoms with Crippen molar-refractivity contribution < 1.29 is 19.1 Å². The molecule has 0 radical (unpaired) electrons. The molecule has 1 N–H and O–H groups in total. The van der Waals surface area contributed by atoms with Crippen molar-refractivity contribution in [3.05, 3.63) is 58.5 Å². The van der Waals surface area contributed by atoms with Gasteiger partial charge in [-0.3, -0.25) is 0 Å². The Morgan fingerprint density at radius 2 is 1.95 bits per heavy atom. The second kappa shape index (κ2) is 5.13. The first-order valence-corrected chi connectivity index (χ1v) is 6.35. The molecule has 0 saturated heterocycles. The predicted molar refractivity (Wildman–Crippen MR) is 74.6 cm³/mol. The molecule has 1 atom stereocenters. The van der Waals surface area contributed by atoms with Crippen LogP contribution < -0.4 is 0 Å². The molecule has 20 heavy (non-hydrogen) atoms. The lowest BCUT2D eigenvalue weighted by molar-refractivity contribution is 0.0521. The third kappa shape index (κ3) is 2.47. The van der Waals surface area contributed by atoms with Crippen LogP contribution in [0, 0.1) is 13.8 Å². The molecule has 0 aliphatic heterocycles. The maximum Gasteiger partial charge on any atom is 0.373 e. The molecule has 1 aromatic heterocycles. The maximum absolute atomic E-state index is 11.4. The van der Waals surface area contributed by atoms with Crippen LogP contribution in [0.15, 0.2) is 34.7 Å². The lowest BCUT2D eigenvalue weighted by Crippen LogP contribution is -2.23. The molecule has 1 unspecified atom stereocenters. The summed E-state index contributed by atoms with van der Waals surface area (Å²) in [5.74, 6) is -0.173. The molecular formula is C16H18O4. The van der Waals surface area contributed by atoms with Gasteiger partial charge in [0.25, 0.3) is 0 Å². The van der Waals surface area contributed by atoms with Crippen LogP contribution in [0.25, 0.3) is 0 Å². The fourth-order valence-electron chi connectivity index (χ4n) is 2.20. The lowest BCUT2D eigenvalue weighted by Gasteiger charge is -2.24. The fourth-order valence-corrected chi connectivity index (χ4v) is 2.20. The molecule has 106 valence electrons. The van der Waals surface area contributed by atoms with Crippen molar-refractivity contribution in [1.82, 2.24) is 0 Å². The number of carbonyl (C=O) groups excluding carboxylic acids is 1. The number of furan rings is 1. The van der Waals surface area contributed by atoms with Crippen molar-refractivity contribution in [2.24, 2.45) is 0 Å². The number of carbonyl (C=O) groups is 1. The number of hydrogen-bond acceptors (Lipinski definition) is 4. The predicted octanol–water partition coefficient (Wildman–Crippen LogP) is 2.94. The van der Waals surface area contributed by atoms with Gasteiger partial charge in [-0.05, 0) is 44.0 Å². The number of hydrogen-bond donors (Lipinski definition) is 1. The Labute approximate surface area is 118 Å². The van der Waals surface area contributed by atoms with Gasteiger partial charge in [0.15, 0.2) is 0 Å². The number of aliphatic hydroxyl groups is 1. The first-order chi connectivity index (χ1) is 9.36. The van der Waals surface area contributed by atoms with E-state index in [2.05, 4.69) is 4.74 Å². The van der Waals surface area contributed by atoms with E-state index in [9.17, 15) is 9.90 Å². The monoisotopic (exact) mass is 274 g/mol. The van der Waals surface area contributed by atoms with E-state index >= 15 is 0 Å². The van der Waals surface area contributed by atoms with Crippen molar-refractivity contribution in [2.75, 3.05) is 7.11 Å². The molecule has 1 heterocycles. The average Bonchev–Trinajstić information content (AvgIpc) is 2.91. The van der Waals surface area contributed by atoms with Crippen LogP contribution in [0.3, 0.4) is 0 Å². The fraction of sp³-hybridized carbons (Fsp3) is 0.312. The molecule has 1 aromatic carbocycles. The van der Waals surface area contributed by atoms with E-state index in [1.165, 1.54) is 13.2 Å². The second-order valence-electron chi connectivity index (χ2n) is 5.05. The standard InChI is InChI=1S/C16H18O4/c1-10-5-6-11(2)12(9-10)16(3,18)14-8-7-13(20-14)15(17)19-4/h5-9,18H,1-4H3. The van der Waals surface area contributed by atoms with Gasteiger partial charge < -0.3 is 14.3 Å². The summed E-state index contributed by atoms with van der Waals surface area (Å²) in [6.07, 6.45) is 0. The minimum absolute atomic E-state index is 0.0769. The van der Waals surface area contributed by atoms with Crippen LogP contribution in [0.4, 0.5) is 0 Å². The molecule has 0 spiro atoms. The first-order valence-electron chi connectivity index (χ1n) is 6.35. The molecule has 0 aliphatic rings. The number of benzene rings is 1. The highest BCUT2D eigenvalue weighted by molar-refractivity contribution is 5.86. The van der Waals surface area contributed by atoms with Crippen LogP contribution in [-0.4, -0.2) is 18.2 Å². The summed E-state index contributed by atoms with van der Waals surface area (Å²) < 4.78 is 10.0. The Bertz CT molecular complexity index is 638. The molecule has 0 bridgehead atoms. The Kier molecular flexibility index (Phi) is 3.68. The molecule has 4 nitrogen and oxygen atoms in total. The van der Waals surface area contributed by atoms with Gasteiger partial charge in [-0.25, -0.2) is 4.79 Å². The molecular weight excluding hydrogens is 256 g/mol. The quantitative estimate of drug-likeness (QED) is 0.874. The van der Waals surface area contributed by atoms with E-state index < -0.39 is 11.6 Å². The highest BCUT2D eigenvalue weighted by atomic mass is 16.5. The molecule has 0 fully saturated rings. The van der Waals surface area contributed by atoms with Gasteiger partial charge in [0.2, 0.25) is 5.76 Å². The minimum Gasteiger partial charge on any atom is -0.463 e. The number of rotatable bonds is 3. The van der Waals surface area contributed by atoms with E-state index in [1.807, 2.05) is 32.0 Å². The number of ether oxygens (including phenoxy) is 1. The first kappa shape index (κ1) is 14.3. The summed E-state index contributed by atoms with van der Waals surface area (Å²) in [7, 11) is 1.29. The van der Waals surface area contributed by atoms with Crippen molar-refractivity contribution in [2.45, 2.75) is 26.4 Å². The van der Waals surface area contributed by atoms with Crippen molar-refractivity contribution in [3.8, 4) is 0 Å². The van der Waals surface area contributed by atoms with Crippen molar-refractivity contribution in [3.63, 3.8) is 0 Å². The summed E-state index contributed by atoms with van der Waals surface area (Å²) in [5.41, 5.74) is 1.45. The van der Waals surface area contributed by atoms with Gasteiger partial charge in [-0.2, -0.15) is 0 Å². The van der Waals surface area contributed by atoms with Gasteiger partial charge in [0, 0.05) is 0 Å².